The summed E-state index contributed by atoms with van der Waals surface area (Å²) < 4.78 is 19.5. The quantitative estimate of drug-likeness (QED) is 0.682. The van der Waals surface area contributed by atoms with Crippen LogP contribution in [0.2, 0.25) is 0 Å². The topological polar surface area (TPSA) is 70.1 Å². The van der Waals surface area contributed by atoms with Crippen LogP contribution in [0.4, 0.5) is 10.2 Å². The summed E-state index contributed by atoms with van der Waals surface area (Å²) in [4.78, 5) is 11.8. The molecule has 0 unspecified atom stereocenters. The number of halogens is 1. The van der Waals surface area contributed by atoms with Crippen molar-refractivity contribution in [3.05, 3.63) is 41.8 Å². The number of hydrogen-bond donors (Lipinski definition) is 1. The molecule has 0 amide bonds. The smallest absolute Gasteiger partial charge is 0.364 e. The van der Waals surface area contributed by atoms with Crippen molar-refractivity contribution >= 4 is 11.8 Å². The minimum absolute atomic E-state index is 0.0377. The molecule has 5 nitrogen and oxygen atoms in total. The van der Waals surface area contributed by atoms with Crippen molar-refractivity contribution in [2.45, 2.75) is 19.9 Å². The first-order valence-electron chi connectivity index (χ1n) is 5.80. The Morgan fingerprint density at radius 3 is 2.74 bits per heavy atom. The maximum Gasteiger partial charge on any atom is 0.364 e. The standard InChI is InChI=1S/C13H14FN3O2/c1-8(2)17-12(15)7-11(16-17)13(18)19-10-5-3-4-9(14)6-10/h3-8H,15H2,1-2H3. The Bertz CT molecular complexity index is 608. The molecule has 0 fully saturated rings. The van der Waals surface area contributed by atoms with Gasteiger partial charge in [-0.05, 0) is 26.0 Å². The summed E-state index contributed by atoms with van der Waals surface area (Å²) in [5.41, 5.74) is 5.82. The molecule has 2 N–H and O–H groups in total. The summed E-state index contributed by atoms with van der Waals surface area (Å²) in [7, 11) is 0. The van der Waals surface area contributed by atoms with Crippen LogP contribution in [-0.2, 0) is 0 Å². The second-order valence-corrected chi connectivity index (χ2v) is 4.34. The molecule has 2 rings (SSSR count). The molecular formula is C13H14FN3O2. The van der Waals surface area contributed by atoms with E-state index in [4.69, 9.17) is 10.5 Å². The maximum atomic E-state index is 13.0. The zero-order valence-corrected chi connectivity index (χ0v) is 10.6. The highest BCUT2D eigenvalue weighted by atomic mass is 19.1. The van der Waals surface area contributed by atoms with Gasteiger partial charge in [-0.2, -0.15) is 5.10 Å². The van der Waals surface area contributed by atoms with E-state index >= 15 is 0 Å². The second kappa shape index (κ2) is 5.09. The first kappa shape index (κ1) is 13.1. The third kappa shape index (κ3) is 2.90. The fourth-order valence-electron chi connectivity index (χ4n) is 1.61. The highest BCUT2D eigenvalue weighted by molar-refractivity contribution is 5.89. The van der Waals surface area contributed by atoms with E-state index in [9.17, 15) is 9.18 Å². The van der Waals surface area contributed by atoms with Crippen LogP contribution in [0.5, 0.6) is 5.75 Å². The molecule has 0 atom stereocenters. The normalized spacial score (nSPS) is 10.7. The largest absolute Gasteiger partial charge is 0.422 e. The van der Waals surface area contributed by atoms with Crippen molar-refractivity contribution in [1.29, 1.82) is 0 Å². The van der Waals surface area contributed by atoms with E-state index < -0.39 is 11.8 Å². The number of carbonyl (C=O) groups excluding carboxylic acids is 1. The number of ether oxygens (including phenoxy) is 1. The molecule has 6 heteroatoms. The molecule has 100 valence electrons. The van der Waals surface area contributed by atoms with Gasteiger partial charge < -0.3 is 10.5 Å². The molecule has 0 bridgehead atoms. The molecule has 0 aliphatic carbocycles. The van der Waals surface area contributed by atoms with Gasteiger partial charge in [-0.25, -0.2) is 13.9 Å². The lowest BCUT2D eigenvalue weighted by Crippen LogP contribution is -2.11. The first-order valence-corrected chi connectivity index (χ1v) is 5.80. The predicted octanol–water partition coefficient (Wildman–Crippen LogP) is 2.40. The van der Waals surface area contributed by atoms with E-state index in [-0.39, 0.29) is 17.5 Å². The van der Waals surface area contributed by atoms with Crippen molar-refractivity contribution < 1.29 is 13.9 Å². The van der Waals surface area contributed by atoms with Gasteiger partial charge in [0.1, 0.15) is 17.4 Å². The van der Waals surface area contributed by atoms with Crippen molar-refractivity contribution in [3.63, 3.8) is 0 Å². The number of aromatic nitrogens is 2. The monoisotopic (exact) mass is 263 g/mol. The third-order valence-corrected chi connectivity index (χ3v) is 2.47. The van der Waals surface area contributed by atoms with E-state index in [1.165, 1.54) is 28.9 Å². The maximum absolute atomic E-state index is 13.0. The lowest BCUT2D eigenvalue weighted by Gasteiger charge is -2.06. The molecule has 2 aromatic rings. The van der Waals surface area contributed by atoms with Crippen molar-refractivity contribution in [2.75, 3.05) is 5.73 Å². The number of carbonyl (C=O) groups is 1. The molecule has 1 aromatic heterocycles. The first-order chi connectivity index (χ1) is 8.97. The lowest BCUT2D eigenvalue weighted by molar-refractivity contribution is 0.0727. The number of benzene rings is 1. The van der Waals surface area contributed by atoms with Crippen molar-refractivity contribution in [2.24, 2.45) is 0 Å². The van der Waals surface area contributed by atoms with Gasteiger partial charge in [0, 0.05) is 18.2 Å². The summed E-state index contributed by atoms with van der Waals surface area (Å²) in [5, 5.41) is 4.05. The Morgan fingerprint density at radius 2 is 2.16 bits per heavy atom. The minimum atomic E-state index is -0.670. The number of nitrogens with two attached hydrogens (primary N) is 1. The second-order valence-electron chi connectivity index (χ2n) is 4.34. The third-order valence-electron chi connectivity index (χ3n) is 2.47. The van der Waals surface area contributed by atoms with E-state index in [1.54, 1.807) is 0 Å². The van der Waals surface area contributed by atoms with Gasteiger partial charge >= 0.3 is 5.97 Å². The SMILES string of the molecule is CC(C)n1nc(C(=O)Oc2cccc(F)c2)cc1N. The number of anilines is 1. The summed E-state index contributed by atoms with van der Waals surface area (Å²) >= 11 is 0. The van der Waals surface area contributed by atoms with Gasteiger partial charge in [0.15, 0.2) is 5.69 Å². The molecule has 0 aliphatic rings. The van der Waals surface area contributed by atoms with Crippen LogP contribution in [0.1, 0.15) is 30.4 Å². The van der Waals surface area contributed by atoms with Crippen LogP contribution in [-0.4, -0.2) is 15.7 Å². The molecule has 0 radical (unpaired) electrons. The van der Waals surface area contributed by atoms with E-state index in [2.05, 4.69) is 5.10 Å². The Hall–Kier alpha value is -2.37. The Balaban J connectivity index is 2.18. The summed E-state index contributed by atoms with van der Waals surface area (Å²) in [5.74, 6) is -0.641. The molecular weight excluding hydrogens is 249 g/mol. The van der Waals surface area contributed by atoms with Crippen LogP contribution in [0.25, 0.3) is 0 Å². The Labute approximate surface area is 109 Å². The van der Waals surface area contributed by atoms with E-state index in [1.807, 2.05) is 13.8 Å². The van der Waals surface area contributed by atoms with Gasteiger partial charge in [-0.15, -0.1) is 0 Å². The molecule has 0 saturated heterocycles. The van der Waals surface area contributed by atoms with E-state index in [0.29, 0.717) is 5.82 Å². The van der Waals surface area contributed by atoms with Gasteiger partial charge in [0.25, 0.3) is 0 Å². The summed E-state index contributed by atoms with van der Waals surface area (Å²) in [6.45, 7) is 3.79. The average molecular weight is 263 g/mol. The van der Waals surface area contributed by atoms with Crippen molar-refractivity contribution in [1.82, 2.24) is 9.78 Å². The summed E-state index contributed by atoms with van der Waals surface area (Å²) in [6.07, 6.45) is 0. The fourth-order valence-corrected chi connectivity index (χ4v) is 1.61. The van der Waals surface area contributed by atoms with Crippen LogP contribution in [0.15, 0.2) is 30.3 Å². The van der Waals surface area contributed by atoms with Gasteiger partial charge in [-0.3, -0.25) is 0 Å². The molecule has 0 aliphatic heterocycles. The van der Waals surface area contributed by atoms with Gasteiger partial charge in [0.05, 0.1) is 0 Å². The highest BCUT2D eigenvalue weighted by Gasteiger charge is 2.16. The lowest BCUT2D eigenvalue weighted by atomic mass is 10.3. The van der Waals surface area contributed by atoms with Crippen LogP contribution >= 0.6 is 0 Å². The Morgan fingerprint density at radius 1 is 1.42 bits per heavy atom. The highest BCUT2D eigenvalue weighted by Crippen LogP contribution is 2.17. The molecule has 19 heavy (non-hydrogen) atoms. The molecule has 0 spiro atoms. The number of nitrogen functional groups attached to an aromatic ring is 1. The molecule has 1 aromatic carbocycles. The average Bonchev–Trinajstić information content (AvgIpc) is 2.71. The fraction of sp³-hybridized carbons (Fsp3) is 0.231. The van der Waals surface area contributed by atoms with E-state index in [0.717, 1.165) is 6.07 Å². The zero-order chi connectivity index (χ0) is 14.0. The van der Waals surface area contributed by atoms with Crippen LogP contribution in [0, 0.1) is 5.82 Å². The zero-order valence-electron chi connectivity index (χ0n) is 10.6. The molecule has 0 saturated carbocycles. The number of nitrogens with zero attached hydrogens (tertiary/aromatic N) is 2. The number of esters is 1. The summed E-state index contributed by atoms with van der Waals surface area (Å²) in [6, 6.07) is 6.81. The van der Waals surface area contributed by atoms with Gasteiger partial charge in [0.2, 0.25) is 0 Å². The van der Waals surface area contributed by atoms with Gasteiger partial charge in [-0.1, -0.05) is 6.07 Å². The van der Waals surface area contributed by atoms with Crippen LogP contribution < -0.4 is 10.5 Å². The number of hydrogen-bond acceptors (Lipinski definition) is 4. The van der Waals surface area contributed by atoms with Crippen LogP contribution in [0.3, 0.4) is 0 Å². The molecule has 1 heterocycles. The Kier molecular flexibility index (Phi) is 3.50. The number of rotatable bonds is 3. The predicted molar refractivity (Wildman–Crippen MR) is 68.4 cm³/mol. The van der Waals surface area contributed by atoms with Crippen molar-refractivity contribution in [3.8, 4) is 5.75 Å². The minimum Gasteiger partial charge on any atom is -0.422 e.